The third-order valence-corrected chi connectivity index (χ3v) is 23.9. The normalized spacial score (nSPS) is 13.6. The minimum absolute atomic E-state index is 0.00202. The molecule has 4 aliphatic rings. The molecule has 2 saturated carbocycles. The number of nitrogens with one attached hydrogen (secondary N) is 4. The number of benzene rings is 10. The first-order chi connectivity index (χ1) is 63.4. The number of halogens is 3. The molecule has 0 radical (unpaired) electrons. The van der Waals surface area contributed by atoms with Crippen molar-refractivity contribution in [3.05, 3.63) is 305 Å². The van der Waals surface area contributed by atoms with Crippen molar-refractivity contribution in [1.82, 2.24) is 19.7 Å². The van der Waals surface area contributed by atoms with Crippen LogP contribution < -0.4 is 47.0 Å². The molecule has 16 rings (SSSR count). The molecule has 2 saturated heterocycles. The number of fused-ring (bicyclic) bond motifs is 2. The summed E-state index contributed by atoms with van der Waals surface area (Å²) in [6, 6.07) is 62.9. The second kappa shape index (κ2) is 47.9. The summed E-state index contributed by atoms with van der Waals surface area (Å²) in [6.07, 6.45) is 11.1. The second-order valence-electron chi connectivity index (χ2n) is 33.3. The molecule has 690 valence electrons. The Morgan fingerprint density at radius 2 is 1.23 bits per heavy atom. The number of nitrogens with zero attached hydrogens (tertiary/aromatic N) is 5. The van der Waals surface area contributed by atoms with E-state index in [9.17, 15) is 47.5 Å². The minimum atomic E-state index is -0.679. The molecule has 0 atom stereocenters. The molecule has 0 spiro atoms. The number of aryl methyl sites for hydroxylation is 4. The van der Waals surface area contributed by atoms with Gasteiger partial charge in [-0.25, -0.2) is 23.8 Å². The van der Waals surface area contributed by atoms with Crippen molar-refractivity contribution >= 4 is 121 Å². The van der Waals surface area contributed by atoms with Gasteiger partial charge in [0.05, 0.1) is 41.7 Å². The summed E-state index contributed by atoms with van der Waals surface area (Å²) in [5, 5.41) is 13.1. The number of aromatic nitrogens is 1. The Morgan fingerprint density at radius 3 is 1.92 bits per heavy atom. The number of carbonyl (C=O) groups excluding carboxylic acids is 8. The lowest BCUT2D eigenvalue weighted by Gasteiger charge is -2.40. The van der Waals surface area contributed by atoms with Crippen molar-refractivity contribution in [2.75, 3.05) is 92.7 Å². The summed E-state index contributed by atoms with van der Waals surface area (Å²) in [5.74, 6) is 0.807. The molecule has 10 aromatic carbocycles. The molecule has 0 bridgehead atoms. The molecule has 6 N–H and O–H groups in total. The van der Waals surface area contributed by atoms with Gasteiger partial charge in [-0.3, -0.25) is 33.7 Å². The number of oxazole rings is 1. The number of ketones is 1. The molecule has 2 aliphatic carbocycles. The lowest BCUT2D eigenvalue weighted by molar-refractivity contribution is -0.131. The monoisotopic (exact) mass is 1830 g/mol. The van der Waals surface area contributed by atoms with E-state index in [-0.39, 0.29) is 47.7 Å². The van der Waals surface area contributed by atoms with E-state index in [2.05, 4.69) is 62.0 Å². The summed E-state index contributed by atoms with van der Waals surface area (Å²) in [7, 11) is 2.89. The highest BCUT2D eigenvalue weighted by Crippen LogP contribution is 2.36. The van der Waals surface area contributed by atoms with Gasteiger partial charge >= 0.3 is 17.6 Å². The molecule has 27 heteroatoms. The SMILES string of the molecule is CCC(=O)N1CCN(c2ccc(NC(=O)c3cccc(C)c3OC)cc2Cl)CC1.COC(=O)c1ccccc1NC(=O)N1CCN(C2CCCCC2)CC1.Cc1c(NC(=O)C(C)C)cccc1-c1nc2ccccc2o1.Cc1ccc(NC(=O)c2cc3cc(Cl)ccc3oc2=O)c(C)c1.Cc1cccc(CC(=O)CC2CC2)c1C.NC(=O)c1cccc(OCc2ccccc2F)c1. The number of ether oxygens (including phenoxy) is 3. The van der Waals surface area contributed by atoms with Crippen LogP contribution in [0.3, 0.4) is 0 Å². The van der Waals surface area contributed by atoms with Crippen molar-refractivity contribution in [2.24, 2.45) is 17.6 Å². The highest BCUT2D eigenvalue weighted by atomic mass is 35.5. The van der Waals surface area contributed by atoms with E-state index in [4.69, 9.17) is 52.0 Å². The largest absolute Gasteiger partial charge is 0.496 e. The number of carbonyl (C=O) groups is 8. The Kier molecular flexibility index (Phi) is 35.9. The van der Waals surface area contributed by atoms with Gasteiger partial charge in [-0.1, -0.05) is 166 Å². The first-order valence-electron chi connectivity index (χ1n) is 44.4. The number of esters is 1. The molecule has 4 heterocycles. The van der Waals surface area contributed by atoms with Crippen molar-refractivity contribution in [2.45, 2.75) is 139 Å². The third kappa shape index (κ3) is 27.8. The van der Waals surface area contributed by atoms with Crippen molar-refractivity contribution in [3.63, 3.8) is 0 Å². The highest BCUT2D eigenvalue weighted by molar-refractivity contribution is 6.33. The van der Waals surface area contributed by atoms with Gasteiger partial charge in [-0.2, -0.15) is 0 Å². The van der Waals surface area contributed by atoms with Crippen molar-refractivity contribution in [1.29, 1.82) is 0 Å². The third-order valence-electron chi connectivity index (χ3n) is 23.4. The second-order valence-corrected chi connectivity index (χ2v) is 34.1. The van der Waals surface area contributed by atoms with Gasteiger partial charge in [0, 0.05) is 128 Å². The maximum absolute atomic E-state index is 13.3. The zero-order valence-electron chi connectivity index (χ0n) is 76.5. The van der Waals surface area contributed by atoms with E-state index in [1.807, 2.05) is 149 Å². The predicted molar refractivity (Wildman–Crippen MR) is 520 cm³/mol. The first kappa shape index (κ1) is 99.1. The smallest absolute Gasteiger partial charge is 0.349 e. The Bertz CT molecular complexity index is 6120. The molecule has 132 heavy (non-hydrogen) atoms. The van der Waals surface area contributed by atoms with Crippen LogP contribution in [0.15, 0.2) is 226 Å². The number of piperazine rings is 2. The van der Waals surface area contributed by atoms with Gasteiger partial charge in [0.2, 0.25) is 23.6 Å². The number of rotatable bonds is 21. The van der Waals surface area contributed by atoms with Crippen LogP contribution in [0.5, 0.6) is 11.5 Å². The van der Waals surface area contributed by atoms with Gasteiger partial charge in [0.15, 0.2) is 5.58 Å². The van der Waals surface area contributed by atoms with Crippen LogP contribution in [0.4, 0.5) is 37.6 Å². The molecule has 2 aliphatic heterocycles. The van der Waals surface area contributed by atoms with E-state index >= 15 is 0 Å². The standard InChI is InChI=1S/C22H26ClN3O3.C19H27N3O3.C18H14ClNO3.C18H18N2O2.C14H12FNO2.C14H18O/c1-4-20(27)26-12-10-25(11-13-26)19-9-8-16(14-18(19)23)24-22(28)17-7-5-6-15(2)21(17)29-3;1-25-18(23)16-9-5-6-10-17(16)20-19(24)22-13-11-21(12-14-22)15-7-3-2-4-8-15;1-10-3-5-15(11(2)7-10)20-17(21)14-9-12-8-13(19)4-6-16(12)23-18(14)22;1-11(2)17(21)19-14-9-6-7-13(12(14)3)18-20-15-8-4-5-10-16(15)22-18;15-13-7-2-1-4-11(13)9-18-12-6-3-5-10(8-12)14(16)17;1-10-4-3-5-13(11(10)2)9-14(15)8-12-6-7-12/h5-9,14H,4,10-13H2,1-3H3,(H,24,28);5-6,9-10,15H,2-4,7-8,11-14H2,1H3,(H,20,24);3-9H,1-2H3,(H,20,21);4-11H,1-3H3,(H,19,21);1-8H,9H2,(H2,16,17);3-5,12H,6-9H2,1-2H3. The summed E-state index contributed by atoms with van der Waals surface area (Å²) >= 11 is 12.4. The molecule has 4 fully saturated rings. The van der Waals surface area contributed by atoms with Crippen LogP contribution >= 0.6 is 23.2 Å². The summed E-state index contributed by atoms with van der Waals surface area (Å²) < 4.78 is 39.9. The lowest BCUT2D eigenvalue weighted by Crippen LogP contribution is -2.53. The van der Waals surface area contributed by atoms with E-state index in [0.717, 1.165) is 96.0 Å². The molecule has 0 unspecified atom stereocenters. The molecule has 12 aromatic rings. The number of urea groups is 1. The molecule has 2 aromatic heterocycles. The van der Waals surface area contributed by atoms with Crippen molar-refractivity contribution < 1.29 is 65.8 Å². The number of nitrogens with two attached hydrogens (primary N) is 1. The lowest BCUT2D eigenvalue weighted by atomic mass is 9.94. The van der Waals surface area contributed by atoms with Crippen molar-refractivity contribution in [3.8, 4) is 23.0 Å². The molecule has 7 amide bonds. The fourth-order valence-electron chi connectivity index (χ4n) is 15.5. The van der Waals surface area contributed by atoms with Gasteiger partial charge in [0.25, 0.3) is 11.8 Å². The van der Waals surface area contributed by atoms with E-state index in [1.54, 1.807) is 98.1 Å². The summed E-state index contributed by atoms with van der Waals surface area (Å²) in [4.78, 5) is 121. The number of para-hydroxylation sites is 4. The number of anilines is 5. The summed E-state index contributed by atoms with van der Waals surface area (Å²) in [6.45, 7) is 23.8. The van der Waals surface area contributed by atoms with Gasteiger partial charge in [-0.05, 0) is 222 Å². The maximum atomic E-state index is 13.3. The fraction of sp³-hybridized carbons (Fsp3) is 0.314. The Hall–Kier alpha value is -13.5. The van der Waals surface area contributed by atoms with Gasteiger partial charge < -0.3 is 64.7 Å². The van der Waals surface area contributed by atoms with Crippen LogP contribution in [0.1, 0.15) is 164 Å². The first-order valence-corrected chi connectivity index (χ1v) is 45.2. The number of hydrogen-bond donors (Lipinski definition) is 5. The number of methoxy groups -OCH3 is 2. The molecular formula is C105H115Cl2FN10O14. The Labute approximate surface area is 779 Å². The van der Waals surface area contributed by atoms with E-state index < -0.39 is 23.4 Å². The average molecular weight is 1830 g/mol. The number of Topliss-reactive ketones (excluding diaryl/α,β-unsaturated/α-hetero) is 1. The van der Waals surface area contributed by atoms with Crippen LogP contribution in [-0.2, 0) is 32.1 Å². The van der Waals surface area contributed by atoms with E-state index in [1.165, 1.54) is 86.9 Å². The van der Waals surface area contributed by atoms with Crippen LogP contribution in [-0.4, -0.2) is 140 Å². The predicted octanol–water partition coefficient (Wildman–Crippen LogP) is 21.4. The number of primary amides is 1. The van der Waals surface area contributed by atoms with Gasteiger partial charge in [0.1, 0.15) is 46.4 Å². The Morgan fingerprint density at radius 1 is 0.568 bits per heavy atom. The highest BCUT2D eigenvalue weighted by Gasteiger charge is 2.30. The van der Waals surface area contributed by atoms with Crippen LogP contribution in [0.25, 0.3) is 33.5 Å². The minimum Gasteiger partial charge on any atom is -0.496 e. The zero-order valence-corrected chi connectivity index (χ0v) is 78.0. The Balaban J connectivity index is 0.000000154. The van der Waals surface area contributed by atoms with E-state index in [0.29, 0.717) is 121 Å². The topological polar surface area (TPSA) is 308 Å². The average Bonchev–Trinajstić information content (AvgIpc) is 1.68. The molecular weight excluding hydrogens is 1720 g/mol. The number of amides is 7. The maximum Gasteiger partial charge on any atom is 0.349 e. The fourth-order valence-corrected chi connectivity index (χ4v) is 16.0. The zero-order chi connectivity index (χ0) is 94.7. The van der Waals surface area contributed by atoms with Crippen LogP contribution in [0.2, 0.25) is 10.0 Å². The van der Waals surface area contributed by atoms with Crippen LogP contribution in [0, 0.1) is 59.2 Å². The number of hydrogen-bond acceptors (Lipinski definition) is 17. The quantitative estimate of drug-likeness (QED) is 0.0330. The van der Waals surface area contributed by atoms with Gasteiger partial charge in [-0.15, -0.1) is 0 Å². The summed E-state index contributed by atoms with van der Waals surface area (Å²) in [5.41, 5.74) is 20.1. The molecule has 24 nitrogen and oxygen atoms in total.